The zero-order chi connectivity index (χ0) is 18.8. The molecule has 0 fully saturated rings. The first-order valence-electron chi connectivity index (χ1n) is 8.89. The minimum absolute atomic E-state index is 0.00834. The third-order valence-corrected chi connectivity index (χ3v) is 4.68. The number of rotatable bonds is 5. The van der Waals surface area contributed by atoms with Gasteiger partial charge >= 0.3 is 0 Å². The van der Waals surface area contributed by atoms with Crippen molar-refractivity contribution in [3.63, 3.8) is 0 Å². The molecule has 0 aliphatic carbocycles. The maximum absolute atomic E-state index is 12.4. The Kier molecular flexibility index (Phi) is 4.58. The minimum atomic E-state index is -0.288. The van der Waals surface area contributed by atoms with E-state index in [1.165, 1.54) is 0 Å². The Bertz CT molecular complexity index is 896. The van der Waals surface area contributed by atoms with Crippen molar-refractivity contribution < 1.29 is 23.8 Å². The molecule has 0 unspecified atom stereocenters. The monoisotopic (exact) mass is 368 g/mol. The average molecular weight is 368 g/mol. The molecule has 2 aliphatic heterocycles. The molecule has 0 bridgehead atoms. The predicted octanol–water partition coefficient (Wildman–Crippen LogP) is 2.45. The fourth-order valence-corrected chi connectivity index (χ4v) is 3.29. The third-order valence-electron chi connectivity index (χ3n) is 4.68. The summed E-state index contributed by atoms with van der Waals surface area (Å²) in [5, 5.41) is 2.77. The van der Waals surface area contributed by atoms with Crippen molar-refractivity contribution in [3.05, 3.63) is 47.5 Å². The Morgan fingerprint density at radius 3 is 2.93 bits per heavy atom. The molecule has 0 aromatic heterocycles. The van der Waals surface area contributed by atoms with Gasteiger partial charge in [0.15, 0.2) is 18.1 Å². The highest BCUT2D eigenvalue weighted by molar-refractivity contribution is 5.97. The van der Waals surface area contributed by atoms with Crippen molar-refractivity contribution in [1.82, 2.24) is 4.90 Å². The van der Waals surface area contributed by atoms with Gasteiger partial charge in [0.2, 0.25) is 6.79 Å². The van der Waals surface area contributed by atoms with Crippen LogP contribution in [0.15, 0.2) is 36.4 Å². The number of hydrogen-bond acceptors (Lipinski definition) is 5. The second-order valence-corrected chi connectivity index (χ2v) is 6.32. The van der Waals surface area contributed by atoms with Gasteiger partial charge in [-0.3, -0.25) is 9.59 Å². The molecule has 7 heteroatoms. The first kappa shape index (κ1) is 17.2. The van der Waals surface area contributed by atoms with Gasteiger partial charge in [0, 0.05) is 36.0 Å². The molecule has 2 aliphatic rings. The lowest BCUT2D eigenvalue weighted by molar-refractivity contribution is -0.118. The van der Waals surface area contributed by atoms with Crippen LogP contribution in [0.5, 0.6) is 17.2 Å². The normalized spacial score (nSPS) is 14.7. The highest BCUT2D eigenvalue weighted by Gasteiger charge is 2.25. The summed E-state index contributed by atoms with van der Waals surface area (Å²) in [6.07, 6.45) is 0.717. The molecule has 0 atom stereocenters. The second-order valence-electron chi connectivity index (χ2n) is 6.32. The molecule has 4 rings (SSSR count). The minimum Gasteiger partial charge on any atom is -0.483 e. The standard InChI is InChI=1S/C20H20N2O5/c1-2-22-9-8-14-15(20(22)24)4-3-5-16(14)25-11-19(23)21-13-6-7-17-18(10-13)27-12-26-17/h3-7,10H,2,8-9,11-12H2,1H3,(H,21,23). The van der Waals surface area contributed by atoms with Crippen molar-refractivity contribution in [1.29, 1.82) is 0 Å². The van der Waals surface area contributed by atoms with Crippen LogP contribution in [0.1, 0.15) is 22.8 Å². The van der Waals surface area contributed by atoms with E-state index < -0.39 is 0 Å². The summed E-state index contributed by atoms with van der Waals surface area (Å²) in [6, 6.07) is 10.6. The van der Waals surface area contributed by atoms with Crippen LogP contribution in [0.25, 0.3) is 0 Å². The number of anilines is 1. The van der Waals surface area contributed by atoms with Crippen molar-refractivity contribution in [2.45, 2.75) is 13.3 Å². The number of ether oxygens (including phenoxy) is 3. The van der Waals surface area contributed by atoms with Gasteiger partial charge in [-0.2, -0.15) is 0 Å². The summed E-state index contributed by atoms with van der Waals surface area (Å²) in [5.41, 5.74) is 2.12. The van der Waals surface area contributed by atoms with Crippen molar-refractivity contribution in [3.8, 4) is 17.2 Å². The van der Waals surface area contributed by atoms with Gasteiger partial charge in [0.25, 0.3) is 11.8 Å². The number of nitrogens with zero attached hydrogens (tertiary/aromatic N) is 1. The van der Waals surface area contributed by atoms with E-state index in [1.54, 1.807) is 41.3 Å². The lowest BCUT2D eigenvalue weighted by atomic mass is 9.98. The van der Waals surface area contributed by atoms with Crippen LogP contribution in [0.2, 0.25) is 0 Å². The number of likely N-dealkylation sites (N-methyl/N-ethyl adjacent to an activating group) is 1. The van der Waals surface area contributed by atoms with Crippen molar-refractivity contribution in [2.24, 2.45) is 0 Å². The Hall–Kier alpha value is -3.22. The first-order chi connectivity index (χ1) is 13.2. The van der Waals surface area contributed by atoms with E-state index in [2.05, 4.69) is 5.32 Å². The van der Waals surface area contributed by atoms with Gasteiger partial charge in [0.05, 0.1) is 0 Å². The number of carbonyl (C=O) groups is 2. The van der Waals surface area contributed by atoms with Crippen LogP contribution < -0.4 is 19.5 Å². The van der Waals surface area contributed by atoms with E-state index in [4.69, 9.17) is 14.2 Å². The highest BCUT2D eigenvalue weighted by atomic mass is 16.7. The number of fused-ring (bicyclic) bond motifs is 2. The fraction of sp³-hybridized carbons (Fsp3) is 0.300. The first-order valence-corrected chi connectivity index (χ1v) is 8.89. The van der Waals surface area contributed by atoms with Crippen LogP contribution >= 0.6 is 0 Å². The number of amides is 2. The van der Waals surface area contributed by atoms with Gasteiger partial charge in [-0.25, -0.2) is 0 Å². The highest BCUT2D eigenvalue weighted by Crippen LogP contribution is 2.34. The SMILES string of the molecule is CCN1CCc2c(OCC(=O)Nc3ccc4c(c3)OCO4)cccc2C1=O. The molecule has 7 nitrogen and oxygen atoms in total. The summed E-state index contributed by atoms with van der Waals surface area (Å²) in [5.74, 6) is 1.56. The smallest absolute Gasteiger partial charge is 0.262 e. The molecule has 2 heterocycles. The number of carbonyl (C=O) groups excluding carboxylic acids is 2. The van der Waals surface area contributed by atoms with Crippen LogP contribution in [-0.2, 0) is 11.2 Å². The molecule has 2 aromatic carbocycles. The molecule has 0 spiro atoms. The molecule has 140 valence electrons. The average Bonchev–Trinajstić information content (AvgIpc) is 3.14. The van der Waals surface area contributed by atoms with Crippen LogP contribution in [-0.4, -0.2) is 43.2 Å². The molecule has 0 saturated heterocycles. The molecule has 2 amide bonds. The third kappa shape index (κ3) is 3.40. The Balaban J connectivity index is 1.41. The number of nitrogens with one attached hydrogen (secondary N) is 1. The van der Waals surface area contributed by atoms with E-state index >= 15 is 0 Å². The molecule has 0 radical (unpaired) electrons. The van der Waals surface area contributed by atoms with E-state index in [0.717, 1.165) is 12.0 Å². The molecular formula is C20H20N2O5. The van der Waals surface area contributed by atoms with Crippen LogP contribution in [0, 0.1) is 0 Å². The van der Waals surface area contributed by atoms with Crippen molar-refractivity contribution >= 4 is 17.5 Å². The summed E-state index contributed by atoms with van der Waals surface area (Å²) in [4.78, 5) is 26.5. The van der Waals surface area contributed by atoms with Crippen LogP contribution in [0.4, 0.5) is 5.69 Å². The Morgan fingerprint density at radius 2 is 2.07 bits per heavy atom. The molecular weight excluding hydrogens is 348 g/mol. The molecule has 0 saturated carbocycles. The predicted molar refractivity (Wildman–Crippen MR) is 98.4 cm³/mol. The van der Waals surface area contributed by atoms with E-state index in [1.807, 2.05) is 6.92 Å². The fourth-order valence-electron chi connectivity index (χ4n) is 3.29. The number of benzene rings is 2. The summed E-state index contributed by atoms with van der Waals surface area (Å²) in [6.45, 7) is 3.34. The van der Waals surface area contributed by atoms with Crippen molar-refractivity contribution in [2.75, 3.05) is 31.8 Å². The van der Waals surface area contributed by atoms with E-state index in [-0.39, 0.29) is 25.2 Å². The van der Waals surface area contributed by atoms with E-state index in [0.29, 0.717) is 41.6 Å². The van der Waals surface area contributed by atoms with Gasteiger partial charge in [-0.1, -0.05) is 6.07 Å². The molecule has 2 aromatic rings. The Labute approximate surface area is 156 Å². The lowest BCUT2D eigenvalue weighted by Gasteiger charge is -2.28. The van der Waals surface area contributed by atoms with Crippen LogP contribution in [0.3, 0.4) is 0 Å². The van der Waals surface area contributed by atoms with Gasteiger partial charge < -0.3 is 24.4 Å². The zero-order valence-electron chi connectivity index (χ0n) is 15.0. The quantitative estimate of drug-likeness (QED) is 0.877. The lowest BCUT2D eigenvalue weighted by Crippen LogP contribution is -2.37. The van der Waals surface area contributed by atoms with Gasteiger partial charge in [0.1, 0.15) is 5.75 Å². The maximum atomic E-state index is 12.4. The summed E-state index contributed by atoms with van der Waals surface area (Å²) < 4.78 is 16.3. The van der Waals surface area contributed by atoms with E-state index in [9.17, 15) is 9.59 Å². The Morgan fingerprint density at radius 1 is 1.22 bits per heavy atom. The van der Waals surface area contributed by atoms with Gasteiger partial charge in [-0.05, 0) is 37.6 Å². The molecule has 27 heavy (non-hydrogen) atoms. The second kappa shape index (κ2) is 7.19. The topological polar surface area (TPSA) is 77.1 Å². The largest absolute Gasteiger partial charge is 0.483 e. The summed E-state index contributed by atoms with van der Waals surface area (Å²) in [7, 11) is 0. The molecule has 1 N–H and O–H groups in total. The maximum Gasteiger partial charge on any atom is 0.262 e. The summed E-state index contributed by atoms with van der Waals surface area (Å²) >= 11 is 0. The zero-order valence-corrected chi connectivity index (χ0v) is 15.0. The van der Waals surface area contributed by atoms with Gasteiger partial charge in [-0.15, -0.1) is 0 Å². The number of hydrogen-bond donors (Lipinski definition) is 1.